The predicted octanol–water partition coefficient (Wildman–Crippen LogP) is 3.42. The molecule has 3 rings (SSSR count). The number of nitrogens with zero attached hydrogens (tertiary/aromatic N) is 1. The van der Waals surface area contributed by atoms with E-state index < -0.39 is 22.6 Å². The zero-order valence-electron chi connectivity index (χ0n) is 17.7. The Morgan fingerprint density at radius 1 is 1.30 bits per heavy atom. The van der Waals surface area contributed by atoms with Gasteiger partial charge in [0, 0.05) is 43.1 Å². The van der Waals surface area contributed by atoms with Gasteiger partial charge in [-0.1, -0.05) is 19.9 Å². The van der Waals surface area contributed by atoms with Gasteiger partial charge in [0.15, 0.2) is 0 Å². The van der Waals surface area contributed by atoms with Crippen LogP contribution in [-0.2, 0) is 16.1 Å². The second-order valence-corrected chi connectivity index (χ2v) is 8.59. The van der Waals surface area contributed by atoms with E-state index >= 15 is 0 Å². The van der Waals surface area contributed by atoms with Gasteiger partial charge in [-0.15, -0.1) is 24.8 Å². The van der Waals surface area contributed by atoms with Gasteiger partial charge in [0.25, 0.3) is 0 Å². The average Bonchev–Trinajstić information content (AvgIpc) is 2.65. The number of hydrogen-bond acceptors (Lipinski definition) is 4. The summed E-state index contributed by atoms with van der Waals surface area (Å²) in [5.41, 5.74) is 5.12. The standard InChI is InChI=1S/C21H31F2N3O2.2ClH/c1-4-28-18-11-21(24,20(18,2)3)19(27)25-14-7-6-10-26(12-14)13-15-16(22)8-5-9-17(15)23;;/h5,8-9,14,18H,4,6-7,10-13,24H2,1-3H3,(H,25,27);2*1H. The van der Waals surface area contributed by atoms with E-state index in [0.717, 1.165) is 19.4 Å². The van der Waals surface area contributed by atoms with Crippen molar-refractivity contribution in [3.05, 3.63) is 35.4 Å². The highest BCUT2D eigenvalue weighted by molar-refractivity contribution is 5.89. The molecule has 1 heterocycles. The van der Waals surface area contributed by atoms with Crippen LogP contribution < -0.4 is 11.1 Å². The summed E-state index contributed by atoms with van der Waals surface area (Å²) in [4.78, 5) is 14.9. The number of piperidine rings is 1. The number of carbonyl (C=O) groups excluding carboxylic acids is 1. The summed E-state index contributed by atoms with van der Waals surface area (Å²) in [6.45, 7) is 7.93. The molecule has 1 aromatic carbocycles. The molecular formula is C21H33Cl2F2N3O2. The molecule has 1 aliphatic carbocycles. The Kier molecular flexibility index (Phi) is 9.51. The smallest absolute Gasteiger partial charge is 0.241 e. The van der Waals surface area contributed by atoms with Crippen LogP contribution in [0.4, 0.5) is 8.78 Å². The largest absolute Gasteiger partial charge is 0.378 e. The number of carbonyl (C=O) groups is 1. The Bertz CT molecular complexity index is 718. The molecule has 172 valence electrons. The molecule has 0 radical (unpaired) electrons. The van der Waals surface area contributed by atoms with E-state index in [0.29, 0.717) is 19.6 Å². The van der Waals surface area contributed by atoms with Gasteiger partial charge in [0.2, 0.25) is 5.91 Å². The third kappa shape index (κ3) is 5.07. The first kappa shape index (κ1) is 27.0. The molecule has 2 aliphatic rings. The fraction of sp³-hybridized carbons (Fsp3) is 0.667. The molecule has 0 bridgehead atoms. The molecule has 1 saturated heterocycles. The average molecular weight is 468 g/mol. The summed E-state index contributed by atoms with van der Waals surface area (Å²) in [7, 11) is 0. The van der Waals surface area contributed by atoms with E-state index in [1.54, 1.807) is 0 Å². The van der Waals surface area contributed by atoms with Crippen molar-refractivity contribution in [3.8, 4) is 0 Å². The molecule has 1 aromatic rings. The lowest BCUT2D eigenvalue weighted by Gasteiger charge is -2.58. The number of halogens is 4. The highest BCUT2D eigenvalue weighted by atomic mass is 35.5. The van der Waals surface area contributed by atoms with Crippen LogP contribution in [0, 0.1) is 17.0 Å². The number of benzene rings is 1. The van der Waals surface area contributed by atoms with Gasteiger partial charge in [-0.25, -0.2) is 8.78 Å². The summed E-state index contributed by atoms with van der Waals surface area (Å²) in [5, 5.41) is 3.08. The van der Waals surface area contributed by atoms with Crippen LogP contribution in [0.25, 0.3) is 0 Å². The minimum atomic E-state index is -0.966. The molecule has 3 unspecified atom stereocenters. The molecule has 9 heteroatoms. The molecule has 0 spiro atoms. The first-order valence-electron chi connectivity index (χ1n) is 10.1. The third-order valence-electron chi connectivity index (χ3n) is 6.52. The van der Waals surface area contributed by atoms with Crippen LogP contribution in [0.1, 0.15) is 45.6 Å². The van der Waals surface area contributed by atoms with Gasteiger partial charge in [0.05, 0.1) is 6.10 Å². The van der Waals surface area contributed by atoms with Crippen LogP contribution in [0.3, 0.4) is 0 Å². The Morgan fingerprint density at radius 2 is 1.93 bits per heavy atom. The van der Waals surface area contributed by atoms with Gasteiger partial charge in [-0.2, -0.15) is 0 Å². The highest BCUT2D eigenvalue weighted by Crippen LogP contribution is 2.49. The van der Waals surface area contributed by atoms with Crippen LogP contribution >= 0.6 is 24.8 Å². The Morgan fingerprint density at radius 3 is 2.50 bits per heavy atom. The fourth-order valence-corrected chi connectivity index (χ4v) is 4.36. The minimum Gasteiger partial charge on any atom is -0.378 e. The molecule has 3 atom stereocenters. The number of ether oxygens (including phenoxy) is 1. The summed E-state index contributed by atoms with van der Waals surface area (Å²) in [6.07, 6.45) is 2.15. The normalized spacial score (nSPS) is 27.9. The van der Waals surface area contributed by atoms with Gasteiger partial charge in [-0.3, -0.25) is 9.69 Å². The van der Waals surface area contributed by atoms with Crippen LogP contribution in [0.15, 0.2) is 18.2 Å². The molecule has 3 N–H and O–H groups in total. The quantitative estimate of drug-likeness (QED) is 0.672. The zero-order valence-corrected chi connectivity index (χ0v) is 19.4. The number of nitrogens with two attached hydrogens (primary N) is 1. The topological polar surface area (TPSA) is 67.6 Å². The Hall–Kier alpha value is -0.990. The van der Waals surface area contributed by atoms with Crippen LogP contribution in [0.5, 0.6) is 0 Å². The third-order valence-corrected chi connectivity index (χ3v) is 6.52. The maximum atomic E-state index is 13.9. The first-order chi connectivity index (χ1) is 13.2. The van der Waals surface area contributed by atoms with E-state index in [9.17, 15) is 13.6 Å². The molecule has 1 amide bonds. The monoisotopic (exact) mass is 467 g/mol. The lowest BCUT2D eigenvalue weighted by atomic mass is 9.54. The summed E-state index contributed by atoms with van der Waals surface area (Å²) < 4.78 is 33.6. The Balaban J connectivity index is 0.00000225. The number of hydrogen-bond donors (Lipinski definition) is 2. The lowest BCUT2D eigenvalue weighted by molar-refractivity contribution is -0.171. The van der Waals surface area contributed by atoms with E-state index in [-0.39, 0.29) is 55.0 Å². The molecular weight excluding hydrogens is 435 g/mol. The van der Waals surface area contributed by atoms with Crippen molar-refractivity contribution in [2.24, 2.45) is 11.1 Å². The van der Waals surface area contributed by atoms with E-state index in [2.05, 4.69) is 5.32 Å². The van der Waals surface area contributed by atoms with Gasteiger partial charge >= 0.3 is 0 Å². The van der Waals surface area contributed by atoms with Crippen molar-refractivity contribution in [1.29, 1.82) is 0 Å². The number of rotatable bonds is 6. The molecule has 5 nitrogen and oxygen atoms in total. The van der Waals surface area contributed by atoms with Crippen molar-refractivity contribution >= 4 is 30.7 Å². The maximum absolute atomic E-state index is 13.9. The summed E-state index contributed by atoms with van der Waals surface area (Å²) >= 11 is 0. The molecule has 30 heavy (non-hydrogen) atoms. The lowest BCUT2D eigenvalue weighted by Crippen LogP contribution is -2.76. The minimum absolute atomic E-state index is 0. The molecule has 1 saturated carbocycles. The van der Waals surface area contributed by atoms with Gasteiger partial charge in [-0.05, 0) is 38.4 Å². The van der Waals surface area contributed by atoms with Crippen LogP contribution in [0.2, 0.25) is 0 Å². The van der Waals surface area contributed by atoms with E-state index in [1.807, 2.05) is 25.7 Å². The number of likely N-dealkylation sites (tertiary alicyclic amines) is 1. The zero-order chi connectivity index (χ0) is 20.5. The van der Waals surface area contributed by atoms with Crippen molar-refractivity contribution in [3.63, 3.8) is 0 Å². The molecule has 0 aromatic heterocycles. The molecule has 2 fully saturated rings. The predicted molar refractivity (Wildman–Crippen MR) is 118 cm³/mol. The second kappa shape index (κ2) is 10.6. The SMILES string of the molecule is CCOC1CC(N)(C(=O)NC2CCCN(Cc3c(F)cccc3F)C2)C1(C)C.Cl.Cl. The van der Waals surface area contributed by atoms with Crippen molar-refractivity contribution in [2.75, 3.05) is 19.7 Å². The van der Waals surface area contributed by atoms with Crippen molar-refractivity contribution in [1.82, 2.24) is 10.2 Å². The Labute approximate surface area is 189 Å². The highest BCUT2D eigenvalue weighted by Gasteiger charge is 2.63. The number of nitrogens with one attached hydrogen (secondary N) is 1. The van der Waals surface area contributed by atoms with E-state index in [1.165, 1.54) is 18.2 Å². The molecule has 1 aliphatic heterocycles. The van der Waals surface area contributed by atoms with Crippen molar-refractivity contribution in [2.45, 2.75) is 64.3 Å². The second-order valence-electron chi connectivity index (χ2n) is 8.59. The summed E-state index contributed by atoms with van der Waals surface area (Å²) in [5.74, 6) is -1.24. The number of amides is 1. The van der Waals surface area contributed by atoms with E-state index in [4.69, 9.17) is 10.5 Å². The van der Waals surface area contributed by atoms with Crippen LogP contribution in [-0.4, -0.2) is 48.2 Å². The van der Waals surface area contributed by atoms with Gasteiger partial charge in [0.1, 0.15) is 17.2 Å². The van der Waals surface area contributed by atoms with Crippen molar-refractivity contribution < 1.29 is 18.3 Å². The fourth-order valence-electron chi connectivity index (χ4n) is 4.36. The summed E-state index contributed by atoms with van der Waals surface area (Å²) in [6, 6.07) is 3.82. The first-order valence-corrected chi connectivity index (χ1v) is 10.1. The van der Waals surface area contributed by atoms with Gasteiger partial charge < -0.3 is 15.8 Å². The maximum Gasteiger partial charge on any atom is 0.241 e.